The molecule has 0 bridgehead atoms. The molecular formula is C17H18ClN3OS2. The molecule has 0 aliphatic rings. The first kappa shape index (κ1) is 18.9. The number of carbonyl (C=O) groups excluding carboxylic acids is 1. The highest BCUT2D eigenvalue weighted by atomic mass is 35.5. The normalized spacial score (nSPS) is 10.6. The van der Waals surface area contributed by atoms with Gasteiger partial charge in [-0.05, 0) is 38.1 Å². The number of thiophene rings is 1. The Morgan fingerprint density at radius 2 is 2.00 bits per heavy atom. The first-order chi connectivity index (χ1) is 11.2. The summed E-state index contributed by atoms with van der Waals surface area (Å²) in [5, 5.41) is 1.85. The molecule has 0 spiro atoms. The van der Waals surface area contributed by atoms with Crippen LogP contribution in [0, 0.1) is 6.92 Å². The highest BCUT2D eigenvalue weighted by Gasteiger charge is 2.12. The molecule has 4 nitrogen and oxygen atoms in total. The van der Waals surface area contributed by atoms with E-state index in [4.69, 9.17) is 5.73 Å². The zero-order chi connectivity index (χ0) is 16.2. The minimum atomic E-state index is 0. The van der Waals surface area contributed by atoms with Gasteiger partial charge in [-0.25, -0.2) is 9.97 Å². The molecule has 0 atom stereocenters. The summed E-state index contributed by atoms with van der Waals surface area (Å²) in [4.78, 5) is 23.2. The van der Waals surface area contributed by atoms with E-state index in [2.05, 4.69) is 9.97 Å². The Morgan fingerprint density at radius 3 is 2.79 bits per heavy atom. The number of nitrogens with zero attached hydrogens (tertiary/aromatic N) is 2. The number of hydrogen-bond donors (Lipinski definition) is 1. The Labute approximate surface area is 155 Å². The summed E-state index contributed by atoms with van der Waals surface area (Å²) in [5.74, 6) is 1.23. The second-order valence-electron chi connectivity index (χ2n) is 5.11. The van der Waals surface area contributed by atoms with Crippen molar-refractivity contribution in [2.24, 2.45) is 5.73 Å². The summed E-state index contributed by atoms with van der Waals surface area (Å²) in [7, 11) is 0. The zero-order valence-electron chi connectivity index (χ0n) is 13.2. The van der Waals surface area contributed by atoms with E-state index in [9.17, 15) is 4.79 Å². The van der Waals surface area contributed by atoms with Crippen LogP contribution in [0.3, 0.4) is 0 Å². The summed E-state index contributed by atoms with van der Waals surface area (Å²) in [6, 6.07) is 11.8. The van der Waals surface area contributed by atoms with Gasteiger partial charge < -0.3 is 5.73 Å². The molecule has 126 valence electrons. The lowest BCUT2D eigenvalue weighted by molar-refractivity contribution is 0.102. The number of carbonyl (C=O) groups is 1. The summed E-state index contributed by atoms with van der Waals surface area (Å²) in [6.07, 6.45) is 0.820. The predicted molar refractivity (Wildman–Crippen MR) is 104 cm³/mol. The maximum absolute atomic E-state index is 12.4. The number of rotatable bonds is 6. The van der Waals surface area contributed by atoms with Crippen molar-refractivity contribution >= 4 is 52.2 Å². The quantitative estimate of drug-likeness (QED) is 0.399. The van der Waals surface area contributed by atoms with E-state index >= 15 is 0 Å². The van der Waals surface area contributed by atoms with E-state index < -0.39 is 0 Å². The Kier molecular flexibility index (Phi) is 6.74. The number of nitrogens with two attached hydrogens (primary N) is 1. The number of benzene rings is 1. The Balaban J connectivity index is 0.00000208. The number of halogens is 1. The minimum absolute atomic E-state index is 0. The van der Waals surface area contributed by atoms with Gasteiger partial charge >= 0.3 is 0 Å². The standard InChI is InChI=1S/C17H17N3OS2.ClH/c1-11-19-14-5-3-2-4-13(14)17(20-11)22-10-15(21)16-7-6-12(23-16)8-9-18;/h2-7H,8-10,18H2,1H3;1H. The predicted octanol–water partition coefficient (Wildman–Crippen LogP) is 3.90. The molecule has 0 fully saturated rings. The first-order valence-electron chi connectivity index (χ1n) is 7.35. The highest BCUT2D eigenvalue weighted by molar-refractivity contribution is 8.00. The molecule has 24 heavy (non-hydrogen) atoms. The molecule has 0 amide bonds. The molecule has 3 rings (SSSR count). The molecule has 0 aliphatic carbocycles. The molecular weight excluding hydrogens is 362 g/mol. The van der Waals surface area contributed by atoms with Gasteiger partial charge in [0.25, 0.3) is 0 Å². The van der Waals surface area contributed by atoms with Gasteiger partial charge in [0.05, 0.1) is 16.1 Å². The molecule has 0 radical (unpaired) electrons. The number of aryl methyl sites for hydroxylation is 1. The van der Waals surface area contributed by atoms with Crippen LogP contribution in [-0.2, 0) is 6.42 Å². The third-order valence-corrected chi connectivity index (χ3v) is 5.52. The molecule has 2 heterocycles. The van der Waals surface area contributed by atoms with Crippen molar-refractivity contribution in [1.82, 2.24) is 9.97 Å². The van der Waals surface area contributed by atoms with Crippen molar-refractivity contribution in [1.29, 1.82) is 0 Å². The number of thioether (sulfide) groups is 1. The van der Waals surface area contributed by atoms with Crippen LogP contribution in [0.2, 0.25) is 0 Å². The van der Waals surface area contributed by atoms with Crippen LogP contribution in [0.5, 0.6) is 0 Å². The SMILES string of the molecule is Cc1nc(SCC(=O)c2ccc(CCN)s2)c2ccccc2n1.Cl. The fourth-order valence-electron chi connectivity index (χ4n) is 2.28. The molecule has 2 aromatic heterocycles. The number of Topliss-reactive ketones (excluding diaryl/α,β-unsaturated/α-hetero) is 1. The molecule has 3 aromatic rings. The van der Waals surface area contributed by atoms with Gasteiger partial charge in [-0.3, -0.25) is 4.79 Å². The zero-order valence-corrected chi connectivity index (χ0v) is 15.6. The van der Waals surface area contributed by atoms with Crippen molar-refractivity contribution in [3.8, 4) is 0 Å². The van der Waals surface area contributed by atoms with Crippen molar-refractivity contribution in [2.75, 3.05) is 12.3 Å². The van der Waals surface area contributed by atoms with Crippen LogP contribution >= 0.6 is 35.5 Å². The number of fused-ring (bicyclic) bond motifs is 1. The number of ketones is 1. The third-order valence-electron chi connectivity index (χ3n) is 3.35. The van der Waals surface area contributed by atoms with Crippen molar-refractivity contribution in [3.05, 3.63) is 52.0 Å². The Hall–Kier alpha value is -1.47. The van der Waals surface area contributed by atoms with Gasteiger partial charge in [-0.15, -0.1) is 23.7 Å². The largest absolute Gasteiger partial charge is 0.330 e. The fraction of sp³-hybridized carbons (Fsp3) is 0.235. The van der Waals surface area contributed by atoms with Crippen LogP contribution < -0.4 is 5.73 Å². The van der Waals surface area contributed by atoms with Crippen LogP contribution in [0.4, 0.5) is 0 Å². The minimum Gasteiger partial charge on any atom is -0.330 e. The van der Waals surface area contributed by atoms with Crippen molar-refractivity contribution in [3.63, 3.8) is 0 Å². The van der Waals surface area contributed by atoms with E-state index in [1.807, 2.05) is 43.3 Å². The lowest BCUT2D eigenvalue weighted by Crippen LogP contribution is -2.02. The lowest BCUT2D eigenvalue weighted by atomic mass is 10.2. The van der Waals surface area contributed by atoms with E-state index in [0.29, 0.717) is 12.3 Å². The van der Waals surface area contributed by atoms with E-state index in [1.165, 1.54) is 23.1 Å². The van der Waals surface area contributed by atoms with Gasteiger partial charge in [0.15, 0.2) is 5.78 Å². The molecule has 0 saturated heterocycles. The van der Waals surface area contributed by atoms with Gasteiger partial charge in [0.2, 0.25) is 0 Å². The van der Waals surface area contributed by atoms with Crippen LogP contribution in [0.1, 0.15) is 20.4 Å². The van der Waals surface area contributed by atoms with E-state index in [0.717, 1.165) is 37.9 Å². The van der Waals surface area contributed by atoms with E-state index in [1.54, 1.807) is 0 Å². The van der Waals surface area contributed by atoms with Crippen LogP contribution in [0.15, 0.2) is 41.4 Å². The topological polar surface area (TPSA) is 68.9 Å². The summed E-state index contributed by atoms with van der Waals surface area (Å²) in [5.41, 5.74) is 6.46. The maximum atomic E-state index is 12.4. The van der Waals surface area contributed by atoms with Crippen molar-refractivity contribution in [2.45, 2.75) is 18.4 Å². The number of para-hydroxylation sites is 1. The summed E-state index contributed by atoms with van der Waals surface area (Å²) < 4.78 is 0. The molecule has 0 unspecified atom stereocenters. The van der Waals surface area contributed by atoms with Gasteiger partial charge in [-0.2, -0.15) is 0 Å². The summed E-state index contributed by atoms with van der Waals surface area (Å²) in [6.45, 7) is 2.48. The van der Waals surface area contributed by atoms with Gasteiger partial charge in [0, 0.05) is 10.3 Å². The summed E-state index contributed by atoms with van der Waals surface area (Å²) >= 11 is 3.00. The van der Waals surface area contributed by atoms with E-state index in [-0.39, 0.29) is 18.2 Å². The van der Waals surface area contributed by atoms with Crippen LogP contribution in [0.25, 0.3) is 10.9 Å². The maximum Gasteiger partial charge on any atom is 0.183 e. The molecule has 0 saturated carbocycles. The molecule has 0 aliphatic heterocycles. The second-order valence-corrected chi connectivity index (χ2v) is 7.24. The van der Waals surface area contributed by atoms with Crippen LogP contribution in [-0.4, -0.2) is 28.0 Å². The average Bonchev–Trinajstić information content (AvgIpc) is 3.01. The van der Waals surface area contributed by atoms with Gasteiger partial charge in [0.1, 0.15) is 10.9 Å². The monoisotopic (exact) mass is 379 g/mol. The smallest absolute Gasteiger partial charge is 0.183 e. The highest BCUT2D eigenvalue weighted by Crippen LogP contribution is 2.27. The Morgan fingerprint density at radius 1 is 1.21 bits per heavy atom. The fourth-order valence-corrected chi connectivity index (χ4v) is 4.28. The number of hydrogen-bond acceptors (Lipinski definition) is 6. The molecule has 7 heteroatoms. The lowest BCUT2D eigenvalue weighted by Gasteiger charge is -2.05. The second kappa shape index (κ2) is 8.58. The Bertz CT molecular complexity index is 851. The molecule has 2 N–H and O–H groups in total. The first-order valence-corrected chi connectivity index (χ1v) is 9.16. The third kappa shape index (κ3) is 4.33. The molecule has 1 aromatic carbocycles. The van der Waals surface area contributed by atoms with Gasteiger partial charge in [-0.1, -0.05) is 30.0 Å². The van der Waals surface area contributed by atoms with Crippen molar-refractivity contribution < 1.29 is 4.79 Å². The number of aromatic nitrogens is 2. The average molecular weight is 380 g/mol.